The fourth-order valence-electron chi connectivity index (χ4n) is 2.64. The Labute approximate surface area is 165 Å². The first-order valence-electron chi connectivity index (χ1n) is 9.26. The lowest BCUT2D eigenvalue weighted by molar-refractivity contribution is -0.123. The van der Waals surface area contributed by atoms with Gasteiger partial charge in [-0.15, -0.1) is 0 Å². The molecule has 5 nitrogen and oxygen atoms in total. The average molecular weight is 386 g/mol. The third-order valence-electron chi connectivity index (χ3n) is 3.94. The summed E-state index contributed by atoms with van der Waals surface area (Å²) in [6.07, 6.45) is 0. The van der Waals surface area contributed by atoms with Crippen molar-refractivity contribution in [3.8, 4) is 5.75 Å². The maximum absolute atomic E-state index is 13.0. The highest BCUT2D eigenvalue weighted by atomic mass is 19.1. The zero-order valence-corrected chi connectivity index (χ0v) is 16.8. The van der Waals surface area contributed by atoms with Crippen LogP contribution in [0.5, 0.6) is 5.75 Å². The second-order valence-electron chi connectivity index (χ2n) is 7.53. The molecule has 2 rings (SSSR count). The Hall–Kier alpha value is -2.89. The molecule has 150 valence electrons. The molecule has 0 spiro atoms. The van der Waals surface area contributed by atoms with Crippen LogP contribution in [0.1, 0.15) is 43.6 Å². The van der Waals surface area contributed by atoms with Gasteiger partial charge in [0.2, 0.25) is 5.91 Å². The molecule has 0 heterocycles. The fraction of sp³-hybridized carbons (Fsp3) is 0.364. The Balaban J connectivity index is 2.11. The van der Waals surface area contributed by atoms with Crippen molar-refractivity contribution < 1.29 is 18.7 Å². The number of nitrogens with one attached hydrogen (secondary N) is 1. The number of carbonyl (C=O) groups excluding carboxylic acids is 2. The van der Waals surface area contributed by atoms with Gasteiger partial charge in [0.1, 0.15) is 18.2 Å². The van der Waals surface area contributed by atoms with Gasteiger partial charge in [0.25, 0.3) is 5.91 Å². The predicted octanol–water partition coefficient (Wildman–Crippen LogP) is 3.78. The second-order valence-corrected chi connectivity index (χ2v) is 7.53. The Morgan fingerprint density at radius 3 is 2.32 bits per heavy atom. The largest absolute Gasteiger partial charge is 0.488 e. The van der Waals surface area contributed by atoms with E-state index in [1.165, 1.54) is 17.0 Å². The molecule has 6 heteroatoms. The Morgan fingerprint density at radius 2 is 1.71 bits per heavy atom. The molecule has 0 unspecified atom stereocenters. The number of likely N-dealkylation sites (N-methyl/N-ethyl adjacent to an activating group) is 1. The molecule has 0 radical (unpaired) electrons. The van der Waals surface area contributed by atoms with Crippen LogP contribution in [-0.2, 0) is 11.4 Å². The quantitative estimate of drug-likeness (QED) is 0.788. The number of benzene rings is 2. The van der Waals surface area contributed by atoms with E-state index in [4.69, 9.17) is 4.74 Å². The van der Waals surface area contributed by atoms with Crippen molar-refractivity contribution in [2.45, 2.75) is 39.8 Å². The normalized spacial score (nSPS) is 11.0. The van der Waals surface area contributed by atoms with Crippen molar-refractivity contribution in [1.82, 2.24) is 10.2 Å². The fourth-order valence-corrected chi connectivity index (χ4v) is 2.64. The van der Waals surface area contributed by atoms with Crippen LogP contribution in [0.2, 0.25) is 0 Å². The van der Waals surface area contributed by atoms with E-state index in [1.54, 1.807) is 36.4 Å². The standard InChI is InChI=1S/C22H27FN2O3/c1-5-25(14-20(26)24-22(2,3)4)21(27)18-8-6-7-9-19(18)28-15-16-10-12-17(23)13-11-16/h6-13H,5,14-15H2,1-4H3,(H,24,26). The van der Waals surface area contributed by atoms with Crippen molar-refractivity contribution in [2.75, 3.05) is 13.1 Å². The van der Waals surface area contributed by atoms with Gasteiger partial charge in [0, 0.05) is 12.1 Å². The first-order valence-corrected chi connectivity index (χ1v) is 9.26. The molecule has 2 aromatic rings. The maximum Gasteiger partial charge on any atom is 0.258 e. The minimum Gasteiger partial charge on any atom is -0.488 e. The van der Waals surface area contributed by atoms with Crippen molar-refractivity contribution in [1.29, 1.82) is 0 Å². The number of para-hydroxylation sites is 1. The average Bonchev–Trinajstić information content (AvgIpc) is 2.64. The van der Waals surface area contributed by atoms with Crippen LogP contribution in [0.4, 0.5) is 4.39 Å². The molecule has 0 aliphatic carbocycles. The van der Waals surface area contributed by atoms with Gasteiger partial charge in [-0.3, -0.25) is 9.59 Å². The molecule has 0 aliphatic rings. The monoisotopic (exact) mass is 386 g/mol. The first-order chi connectivity index (χ1) is 13.2. The highest BCUT2D eigenvalue weighted by Gasteiger charge is 2.22. The molecule has 2 aromatic carbocycles. The van der Waals surface area contributed by atoms with Crippen LogP contribution < -0.4 is 10.1 Å². The molecular weight excluding hydrogens is 359 g/mol. The summed E-state index contributed by atoms with van der Waals surface area (Å²) in [6, 6.07) is 12.9. The molecule has 0 bridgehead atoms. The summed E-state index contributed by atoms with van der Waals surface area (Å²) in [7, 11) is 0. The summed E-state index contributed by atoms with van der Waals surface area (Å²) in [5.41, 5.74) is 0.811. The number of carbonyl (C=O) groups is 2. The third kappa shape index (κ3) is 6.37. The van der Waals surface area contributed by atoms with Gasteiger partial charge in [-0.25, -0.2) is 4.39 Å². The van der Waals surface area contributed by atoms with Crippen LogP contribution >= 0.6 is 0 Å². The van der Waals surface area contributed by atoms with Gasteiger partial charge in [-0.2, -0.15) is 0 Å². The van der Waals surface area contributed by atoms with Crippen LogP contribution in [-0.4, -0.2) is 35.3 Å². The third-order valence-corrected chi connectivity index (χ3v) is 3.94. The SMILES string of the molecule is CCN(CC(=O)NC(C)(C)C)C(=O)c1ccccc1OCc1ccc(F)cc1. The predicted molar refractivity (Wildman–Crippen MR) is 107 cm³/mol. The number of halogens is 1. The Kier molecular flexibility index (Phi) is 7.15. The van der Waals surface area contributed by atoms with Crippen molar-refractivity contribution in [3.05, 3.63) is 65.5 Å². The molecule has 2 amide bonds. The van der Waals surface area contributed by atoms with E-state index < -0.39 is 0 Å². The highest BCUT2D eigenvalue weighted by molar-refractivity contribution is 5.98. The van der Waals surface area contributed by atoms with E-state index in [9.17, 15) is 14.0 Å². The highest BCUT2D eigenvalue weighted by Crippen LogP contribution is 2.21. The zero-order chi connectivity index (χ0) is 20.7. The summed E-state index contributed by atoms with van der Waals surface area (Å²) >= 11 is 0. The van der Waals surface area contributed by atoms with Crippen molar-refractivity contribution in [3.63, 3.8) is 0 Å². The number of hydrogen-bond acceptors (Lipinski definition) is 3. The summed E-state index contributed by atoms with van der Waals surface area (Å²) in [5, 5.41) is 2.86. The molecule has 0 atom stereocenters. The van der Waals surface area contributed by atoms with E-state index in [0.29, 0.717) is 17.9 Å². The molecule has 0 saturated carbocycles. The summed E-state index contributed by atoms with van der Waals surface area (Å²) in [5.74, 6) is -0.383. The van der Waals surface area contributed by atoms with Crippen molar-refractivity contribution >= 4 is 11.8 Å². The van der Waals surface area contributed by atoms with E-state index in [2.05, 4.69) is 5.32 Å². The van der Waals surface area contributed by atoms with Gasteiger partial charge in [-0.1, -0.05) is 24.3 Å². The van der Waals surface area contributed by atoms with E-state index >= 15 is 0 Å². The minimum absolute atomic E-state index is 0.0289. The summed E-state index contributed by atoms with van der Waals surface area (Å²) < 4.78 is 18.8. The number of amides is 2. The van der Waals surface area contributed by atoms with Gasteiger partial charge < -0.3 is 15.0 Å². The molecule has 28 heavy (non-hydrogen) atoms. The lowest BCUT2D eigenvalue weighted by atomic mass is 10.1. The van der Waals surface area contributed by atoms with Gasteiger partial charge >= 0.3 is 0 Å². The topological polar surface area (TPSA) is 58.6 Å². The number of nitrogens with zero attached hydrogens (tertiary/aromatic N) is 1. The van der Waals surface area contributed by atoms with Crippen LogP contribution in [0.3, 0.4) is 0 Å². The molecule has 0 aromatic heterocycles. The molecule has 1 N–H and O–H groups in total. The molecular formula is C22H27FN2O3. The molecule has 0 saturated heterocycles. The van der Waals surface area contributed by atoms with Crippen molar-refractivity contribution in [2.24, 2.45) is 0 Å². The minimum atomic E-state index is -0.365. The smallest absolute Gasteiger partial charge is 0.258 e. The second kappa shape index (κ2) is 9.35. The van der Waals surface area contributed by atoms with Crippen LogP contribution in [0, 0.1) is 5.82 Å². The number of ether oxygens (including phenoxy) is 1. The van der Waals surface area contributed by atoms with Gasteiger partial charge in [-0.05, 0) is 57.5 Å². The maximum atomic E-state index is 13.0. The van der Waals surface area contributed by atoms with Crippen LogP contribution in [0.15, 0.2) is 48.5 Å². The first kappa shape index (κ1) is 21.4. The lowest BCUT2D eigenvalue weighted by Crippen LogP contribution is -2.47. The van der Waals surface area contributed by atoms with E-state index in [-0.39, 0.29) is 36.3 Å². The molecule has 0 fully saturated rings. The van der Waals surface area contributed by atoms with Gasteiger partial charge in [0.05, 0.1) is 12.1 Å². The van der Waals surface area contributed by atoms with E-state index in [1.807, 2.05) is 27.7 Å². The Morgan fingerprint density at radius 1 is 1.07 bits per heavy atom. The number of hydrogen-bond donors (Lipinski definition) is 1. The van der Waals surface area contributed by atoms with E-state index in [0.717, 1.165) is 5.56 Å². The summed E-state index contributed by atoms with van der Waals surface area (Å²) in [4.78, 5) is 26.7. The number of rotatable bonds is 7. The van der Waals surface area contributed by atoms with Crippen LogP contribution in [0.25, 0.3) is 0 Å². The van der Waals surface area contributed by atoms with Gasteiger partial charge in [0.15, 0.2) is 0 Å². The Bertz CT molecular complexity index is 813. The lowest BCUT2D eigenvalue weighted by Gasteiger charge is -2.25. The molecule has 0 aliphatic heterocycles. The zero-order valence-electron chi connectivity index (χ0n) is 16.8. The summed E-state index contributed by atoms with van der Waals surface area (Å²) in [6.45, 7) is 8.07.